The van der Waals surface area contributed by atoms with E-state index in [-0.39, 0.29) is 5.56 Å². The number of H-pyrrole nitrogens is 1. The van der Waals surface area contributed by atoms with E-state index in [9.17, 15) is 4.79 Å². The number of nitrogens with zero attached hydrogens (tertiary/aromatic N) is 1. The van der Waals surface area contributed by atoms with Gasteiger partial charge in [-0.3, -0.25) is 9.36 Å². The average Bonchev–Trinajstić information content (AvgIpc) is 2.52. The molecule has 1 aromatic heterocycles. The van der Waals surface area contributed by atoms with Gasteiger partial charge in [0.15, 0.2) is 4.77 Å². The first-order valence-electron chi connectivity index (χ1n) is 6.54. The van der Waals surface area contributed by atoms with Gasteiger partial charge in [0, 0.05) is 4.90 Å². The second-order valence-electron chi connectivity index (χ2n) is 4.72. The highest BCUT2D eigenvalue weighted by Crippen LogP contribution is 2.15. The Bertz CT molecular complexity index is 895. The lowest BCUT2D eigenvalue weighted by molar-refractivity contribution is 0.734. The standard InChI is InChI=1S/C16H14N2OS2/c1-21-12-8-6-11(7-9-12)10-18-15(19)13-4-2-3-5-14(13)17-16(18)20/h2-9H,10H2,1H3,(H,17,20). The van der Waals surface area contributed by atoms with Crippen LogP contribution in [0.2, 0.25) is 0 Å². The number of para-hydroxylation sites is 1. The monoisotopic (exact) mass is 314 g/mol. The number of thioether (sulfide) groups is 1. The van der Waals surface area contributed by atoms with Crippen molar-refractivity contribution in [3.05, 3.63) is 69.2 Å². The van der Waals surface area contributed by atoms with E-state index in [4.69, 9.17) is 12.2 Å². The number of fused-ring (bicyclic) bond motifs is 1. The molecule has 0 saturated carbocycles. The fourth-order valence-electron chi connectivity index (χ4n) is 2.26. The smallest absolute Gasteiger partial charge is 0.262 e. The van der Waals surface area contributed by atoms with E-state index in [1.165, 1.54) is 4.90 Å². The van der Waals surface area contributed by atoms with Crippen LogP contribution in [-0.2, 0) is 6.54 Å². The third kappa shape index (κ3) is 2.80. The van der Waals surface area contributed by atoms with Crippen molar-refractivity contribution >= 4 is 34.9 Å². The highest BCUT2D eigenvalue weighted by Gasteiger charge is 2.05. The highest BCUT2D eigenvalue weighted by atomic mass is 32.2. The summed E-state index contributed by atoms with van der Waals surface area (Å²) in [4.78, 5) is 16.9. The zero-order chi connectivity index (χ0) is 14.8. The van der Waals surface area contributed by atoms with Crippen molar-refractivity contribution in [2.45, 2.75) is 11.4 Å². The molecule has 0 aliphatic rings. The van der Waals surface area contributed by atoms with E-state index < -0.39 is 0 Å². The minimum atomic E-state index is -0.0525. The molecular formula is C16H14N2OS2. The van der Waals surface area contributed by atoms with Gasteiger partial charge < -0.3 is 4.98 Å². The largest absolute Gasteiger partial charge is 0.332 e. The maximum Gasteiger partial charge on any atom is 0.262 e. The Labute approximate surface area is 131 Å². The third-order valence-electron chi connectivity index (χ3n) is 3.39. The zero-order valence-electron chi connectivity index (χ0n) is 11.5. The van der Waals surface area contributed by atoms with Crippen molar-refractivity contribution in [1.29, 1.82) is 0 Å². The number of hydrogen-bond acceptors (Lipinski definition) is 3. The predicted octanol–water partition coefficient (Wildman–Crippen LogP) is 3.83. The Morgan fingerprint density at radius 1 is 1.14 bits per heavy atom. The van der Waals surface area contributed by atoms with Crippen LogP contribution < -0.4 is 5.56 Å². The lowest BCUT2D eigenvalue weighted by atomic mass is 10.2. The summed E-state index contributed by atoms with van der Waals surface area (Å²) in [5.41, 5.74) is 1.79. The number of aromatic amines is 1. The lowest BCUT2D eigenvalue weighted by Gasteiger charge is -2.08. The van der Waals surface area contributed by atoms with Gasteiger partial charge in [-0.15, -0.1) is 11.8 Å². The lowest BCUT2D eigenvalue weighted by Crippen LogP contribution is -2.22. The van der Waals surface area contributed by atoms with E-state index in [0.29, 0.717) is 16.7 Å². The summed E-state index contributed by atoms with van der Waals surface area (Å²) < 4.78 is 2.05. The van der Waals surface area contributed by atoms with Gasteiger partial charge >= 0.3 is 0 Å². The molecule has 3 aromatic rings. The van der Waals surface area contributed by atoms with Crippen molar-refractivity contribution in [3.63, 3.8) is 0 Å². The molecule has 21 heavy (non-hydrogen) atoms. The van der Waals surface area contributed by atoms with Gasteiger partial charge in [0.25, 0.3) is 5.56 Å². The van der Waals surface area contributed by atoms with Crippen LogP contribution in [0, 0.1) is 4.77 Å². The van der Waals surface area contributed by atoms with Gasteiger partial charge in [-0.05, 0) is 48.3 Å². The van der Waals surface area contributed by atoms with Gasteiger partial charge in [-0.2, -0.15) is 0 Å². The molecule has 0 fully saturated rings. The number of nitrogens with one attached hydrogen (secondary N) is 1. The van der Waals surface area contributed by atoms with Crippen molar-refractivity contribution in [2.75, 3.05) is 6.26 Å². The number of hydrogen-bond donors (Lipinski definition) is 1. The molecule has 0 saturated heterocycles. The Morgan fingerprint density at radius 2 is 1.86 bits per heavy atom. The maximum absolute atomic E-state index is 12.5. The average molecular weight is 314 g/mol. The Kier molecular flexibility index (Phi) is 3.94. The predicted molar refractivity (Wildman–Crippen MR) is 90.7 cm³/mol. The molecule has 1 heterocycles. The molecule has 0 amide bonds. The zero-order valence-corrected chi connectivity index (χ0v) is 13.1. The second-order valence-corrected chi connectivity index (χ2v) is 5.98. The highest BCUT2D eigenvalue weighted by molar-refractivity contribution is 7.98. The summed E-state index contributed by atoms with van der Waals surface area (Å²) in [5, 5.41) is 0.659. The normalized spacial score (nSPS) is 10.9. The maximum atomic E-state index is 12.5. The first kappa shape index (κ1) is 14.1. The van der Waals surface area contributed by atoms with Crippen LogP contribution in [0.15, 0.2) is 58.2 Å². The van der Waals surface area contributed by atoms with Gasteiger partial charge in [-0.25, -0.2) is 0 Å². The fourth-order valence-corrected chi connectivity index (χ4v) is 2.92. The van der Waals surface area contributed by atoms with Gasteiger partial charge in [-0.1, -0.05) is 24.3 Å². The van der Waals surface area contributed by atoms with E-state index in [0.717, 1.165) is 11.1 Å². The van der Waals surface area contributed by atoms with Crippen molar-refractivity contribution < 1.29 is 0 Å². The molecule has 5 heteroatoms. The van der Waals surface area contributed by atoms with E-state index in [1.807, 2.05) is 42.7 Å². The fraction of sp³-hybridized carbons (Fsp3) is 0.125. The quantitative estimate of drug-likeness (QED) is 0.590. The molecule has 0 radical (unpaired) electrons. The molecule has 1 N–H and O–H groups in total. The summed E-state index contributed by atoms with van der Waals surface area (Å²) in [6.45, 7) is 0.480. The molecule has 0 atom stereocenters. The summed E-state index contributed by atoms with van der Waals surface area (Å²) in [7, 11) is 0. The van der Waals surface area contributed by atoms with Crippen LogP contribution in [0.4, 0.5) is 0 Å². The molecule has 0 bridgehead atoms. The number of rotatable bonds is 3. The Hall–Kier alpha value is -1.85. The molecule has 3 nitrogen and oxygen atoms in total. The van der Waals surface area contributed by atoms with E-state index >= 15 is 0 Å². The summed E-state index contributed by atoms with van der Waals surface area (Å²) in [6.07, 6.45) is 2.04. The summed E-state index contributed by atoms with van der Waals surface area (Å²) >= 11 is 7.01. The van der Waals surface area contributed by atoms with Crippen LogP contribution in [0.5, 0.6) is 0 Å². The molecule has 0 unspecified atom stereocenters. The van der Waals surface area contributed by atoms with E-state index in [1.54, 1.807) is 16.3 Å². The van der Waals surface area contributed by atoms with E-state index in [2.05, 4.69) is 17.1 Å². The van der Waals surface area contributed by atoms with Crippen molar-refractivity contribution in [1.82, 2.24) is 9.55 Å². The third-order valence-corrected chi connectivity index (χ3v) is 4.46. The Balaban J connectivity index is 2.07. The van der Waals surface area contributed by atoms with Crippen molar-refractivity contribution in [2.24, 2.45) is 0 Å². The first-order chi connectivity index (χ1) is 10.2. The van der Waals surface area contributed by atoms with Crippen LogP contribution in [0.3, 0.4) is 0 Å². The topological polar surface area (TPSA) is 37.8 Å². The summed E-state index contributed by atoms with van der Waals surface area (Å²) in [6, 6.07) is 15.6. The molecule has 0 aliphatic carbocycles. The molecule has 106 valence electrons. The van der Waals surface area contributed by atoms with Crippen molar-refractivity contribution in [3.8, 4) is 0 Å². The molecule has 0 aliphatic heterocycles. The van der Waals surface area contributed by atoms with Gasteiger partial charge in [0.2, 0.25) is 0 Å². The number of aromatic nitrogens is 2. The summed E-state index contributed by atoms with van der Waals surface area (Å²) in [5.74, 6) is 0. The Morgan fingerprint density at radius 3 is 2.57 bits per heavy atom. The minimum Gasteiger partial charge on any atom is -0.332 e. The molecule has 0 spiro atoms. The van der Waals surface area contributed by atoms with Gasteiger partial charge in [0.05, 0.1) is 17.4 Å². The van der Waals surface area contributed by atoms with Gasteiger partial charge in [0.1, 0.15) is 0 Å². The first-order valence-corrected chi connectivity index (χ1v) is 8.17. The minimum absolute atomic E-state index is 0.0525. The SMILES string of the molecule is CSc1ccc(Cn2c(=S)[nH]c3ccccc3c2=O)cc1. The van der Waals surface area contributed by atoms with Crippen LogP contribution in [-0.4, -0.2) is 15.8 Å². The molecular weight excluding hydrogens is 300 g/mol. The van der Waals surface area contributed by atoms with Crippen LogP contribution in [0.1, 0.15) is 5.56 Å². The molecule has 2 aromatic carbocycles. The number of benzene rings is 2. The van der Waals surface area contributed by atoms with Crippen LogP contribution in [0.25, 0.3) is 10.9 Å². The van der Waals surface area contributed by atoms with Crippen LogP contribution >= 0.6 is 24.0 Å². The molecule has 3 rings (SSSR count). The second kappa shape index (κ2) is 5.87.